The van der Waals surface area contributed by atoms with Gasteiger partial charge in [-0.2, -0.15) is 5.10 Å². The maximum absolute atomic E-state index is 12.2. The number of carbonyl (C=O) groups is 1. The Morgan fingerprint density at radius 1 is 0.926 bits per heavy atom. The molecule has 1 amide bonds. The van der Waals surface area contributed by atoms with Crippen LogP contribution in [0.15, 0.2) is 77.9 Å². The summed E-state index contributed by atoms with van der Waals surface area (Å²) in [5.74, 6) is 0.339. The first-order chi connectivity index (χ1) is 13.1. The lowest BCUT2D eigenvalue weighted by atomic mass is 10.2. The van der Waals surface area contributed by atoms with Crippen LogP contribution in [0.25, 0.3) is 0 Å². The molecule has 0 aliphatic carbocycles. The molecule has 136 valence electrons. The standard InChI is InChI=1S/C21H16Cl2N2O2/c22-19-7-4-8-20(23)18(19)13-24-25-21(26)16-9-11-17(12-10-16)27-14-15-5-2-1-3-6-15/h1-13H,14H2,(H,25,26)/b24-13+. The molecule has 6 heteroatoms. The van der Waals surface area contributed by atoms with Crippen LogP contribution >= 0.6 is 23.2 Å². The summed E-state index contributed by atoms with van der Waals surface area (Å²) in [4.78, 5) is 12.2. The highest BCUT2D eigenvalue weighted by Crippen LogP contribution is 2.22. The molecular formula is C21H16Cl2N2O2. The Kier molecular flexibility index (Phi) is 6.47. The van der Waals surface area contributed by atoms with Gasteiger partial charge in [0.1, 0.15) is 12.4 Å². The van der Waals surface area contributed by atoms with Crippen LogP contribution in [-0.4, -0.2) is 12.1 Å². The van der Waals surface area contributed by atoms with E-state index < -0.39 is 0 Å². The summed E-state index contributed by atoms with van der Waals surface area (Å²) in [5, 5.41) is 4.83. The highest BCUT2D eigenvalue weighted by molar-refractivity contribution is 6.38. The Labute approximate surface area is 167 Å². The first-order valence-corrected chi connectivity index (χ1v) is 8.93. The van der Waals surface area contributed by atoms with Gasteiger partial charge in [-0.25, -0.2) is 5.43 Å². The molecule has 0 aromatic heterocycles. The molecule has 0 radical (unpaired) electrons. The zero-order chi connectivity index (χ0) is 19.1. The van der Waals surface area contributed by atoms with E-state index in [2.05, 4.69) is 10.5 Å². The van der Waals surface area contributed by atoms with Crippen LogP contribution in [0.4, 0.5) is 0 Å². The van der Waals surface area contributed by atoms with Crippen molar-refractivity contribution in [3.05, 3.63) is 99.5 Å². The number of amides is 1. The minimum absolute atomic E-state index is 0.343. The first kappa shape index (κ1) is 19.0. The Bertz CT molecular complexity index is 922. The summed E-state index contributed by atoms with van der Waals surface area (Å²) in [6, 6.07) is 21.8. The number of hydrazone groups is 1. The molecule has 0 bridgehead atoms. The van der Waals surface area contributed by atoms with Gasteiger partial charge in [-0.05, 0) is 42.0 Å². The molecular weight excluding hydrogens is 383 g/mol. The van der Waals surface area contributed by atoms with Crippen molar-refractivity contribution in [1.82, 2.24) is 5.43 Å². The average Bonchev–Trinajstić information content (AvgIpc) is 2.70. The van der Waals surface area contributed by atoms with Crippen LogP contribution in [-0.2, 0) is 6.61 Å². The number of nitrogens with zero attached hydrogens (tertiary/aromatic N) is 1. The SMILES string of the molecule is O=C(N/N=C/c1c(Cl)cccc1Cl)c1ccc(OCc2ccccc2)cc1. The van der Waals surface area contributed by atoms with Crippen molar-refractivity contribution in [2.75, 3.05) is 0 Å². The van der Waals surface area contributed by atoms with Gasteiger partial charge in [0, 0.05) is 11.1 Å². The van der Waals surface area contributed by atoms with Crippen LogP contribution in [0, 0.1) is 0 Å². The summed E-state index contributed by atoms with van der Waals surface area (Å²) in [6.45, 7) is 0.468. The van der Waals surface area contributed by atoms with E-state index in [9.17, 15) is 4.79 Å². The van der Waals surface area contributed by atoms with Gasteiger partial charge in [0.25, 0.3) is 5.91 Å². The number of halogens is 2. The molecule has 3 rings (SSSR count). The monoisotopic (exact) mass is 398 g/mol. The van der Waals surface area contributed by atoms with Crippen molar-refractivity contribution in [3.8, 4) is 5.75 Å². The molecule has 0 heterocycles. The molecule has 0 aliphatic heterocycles. The first-order valence-electron chi connectivity index (χ1n) is 8.17. The number of hydrogen-bond donors (Lipinski definition) is 1. The lowest BCUT2D eigenvalue weighted by Crippen LogP contribution is -2.17. The molecule has 3 aromatic carbocycles. The third kappa shape index (κ3) is 5.33. The van der Waals surface area contributed by atoms with Gasteiger partial charge in [0.2, 0.25) is 0 Å². The van der Waals surface area contributed by atoms with Gasteiger partial charge in [-0.1, -0.05) is 59.6 Å². The highest BCUT2D eigenvalue weighted by Gasteiger charge is 2.06. The Morgan fingerprint density at radius 2 is 1.59 bits per heavy atom. The third-order valence-electron chi connectivity index (χ3n) is 3.72. The van der Waals surface area contributed by atoms with Crippen LogP contribution < -0.4 is 10.2 Å². The van der Waals surface area contributed by atoms with Crippen molar-refractivity contribution in [1.29, 1.82) is 0 Å². The zero-order valence-corrected chi connectivity index (χ0v) is 15.7. The molecule has 0 saturated carbocycles. The fourth-order valence-electron chi connectivity index (χ4n) is 2.30. The number of hydrogen-bond acceptors (Lipinski definition) is 3. The van der Waals surface area contributed by atoms with Crippen molar-refractivity contribution in [2.45, 2.75) is 6.61 Å². The quantitative estimate of drug-likeness (QED) is 0.450. The molecule has 1 N–H and O–H groups in total. The molecule has 0 aliphatic rings. The van der Waals surface area contributed by atoms with Crippen LogP contribution in [0.2, 0.25) is 10.0 Å². The number of ether oxygens (including phenoxy) is 1. The minimum atomic E-state index is -0.343. The third-order valence-corrected chi connectivity index (χ3v) is 4.38. The summed E-state index contributed by atoms with van der Waals surface area (Å²) in [7, 11) is 0. The van der Waals surface area contributed by atoms with Gasteiger partial charge >= 0.3 is 0 Å². The smallest absolute Gasteiger partial charge is 0.271 e. The van der Waals surface area contributed by atoms with E-state index in [1.165, 1.54) is 6.21 Å². The van der Waals surface area contributed by atoms with Crippen molar-refractivity contribution in [2.24, 2.45) is 5.10 Å². The van der Waals surface area contributed by atoms with E-state index in [1.54, 1.807) is 42.5 Å². The van der Waals surface area contributed by atoms with E-state index in [1.807, 2.05) is 30.3 Å². The van der Waals surface area contributed by atoms with Crippen molar-refractivity contribution in [3.63, 3.8) is 0 Å². The molecule has 0 fully saturated rings. The summed E-state index contributed by atoms with van der Waals surface area (Å²) < 4.78 is 5.70. The fourth-order valence-corrected chi connectivity index (χ4v) is 2.79. The second-order valence-electron chi connectivity index (χ2n) is 5.63. The highest BCUT2D eigenvalue weighted by atomic mass is 35.5. The van der Waals surface area contributed by atoms with Crippen LogP contribution in [0.5, 0.6) is 5.75 Å². The Hall–Kier alpha value is -2.82. The van der Waals surface area contributed by atoms with Crippen LogP contribution in [0.1, 0.15) is 21.5 Å². The average molecular weight is 399 g/mol. The molecule has 0 unspecified atom stereocenters. The topological polar surface area (TPSA) is 50.7 Å². The van der Waals surface area contributed by atoms with Gasteiger partial charge in [0.15, 0.2) is 0 Å². The fraction of sp³-hybridized carbons (Fsp3) is 0.0476. The van der Waals surface area contributed by atoms with Crippen molar-refractivity contribution >= 4 is 35.3 Å². The van der Waals surface area contributed by atoms with E-state index in [4.69, 9.17) is 27.9 Å². The van der Waals surface area contributed by atoms with Crippen LogP contribution in [0.3, 0.4) is 0 Å². The normalized spacial score (nSPS) is 10.7. The second kappa shape index (κ2) is 9.21. The van der Waals surface area contributed by atoms with E-state index in [-0.39, 0.29) is 5.91 Å². The van der Waals surface area contributed by atoms with Gasteiger partial charge in [-0.15, -0.1) is 0 Å². The van der Waals surface area contributed by atoms with Crippen molar-refractivity contribution < 1.29 is 9.53 Å². The summed E-state index contributed by atoms with van der Waals surface area (Å²) in [5.41, 5.74) is 4.54. The number of rotatable bonds is 6. The molecule has 27 heavy (non-hydrogen) atoms. The van der Waals surface area contributed by atoms with E-state index in [0.717, 1.165) is 5.56 Å². The predicted molar refractivity (Wildman–Crippen MR) is 109 cm³/mol. The Morgan fingerprint density at radius 3 is 2.26 bits per heavy atom. The van der Waals surface area contributed by atoms with Gasteiger partial charge in [0.05, 0.1) is 16.3 Å². The molecule has 4 nitrogen and oxygen atoms in total. The minimum Gasteiger partial charge on any atom is -0.489 e. The maximum Gasteiger partial charge on any atom is 0.271 e. The largest absolute Gasteiger partial charge is 0.489 e. The van der Waals surface area contributed by atoms with E-state index in [0.29, 0.717) is 33.5 Å². The maximum atomic E-state index is 12.2. The number of nitrogens with one attached hydrogen (secondary N) is 1. The molecule has 0 atom stereocenters. The molecule has 3 aromatic rings. The predicted octanol–water partition coefficient (Wildman–Crippen LogP) is 5.34. The molecule has 0 saturated heterocycles. The van der Waals surface area contributed by atoms with Gasteiger partial charge < -0.3 is 4.74 Å². The summed E-state index contributed by atoms with van der Waals surface area (Å²) >= 11 is 12.1. The molecule has 0 spiro atoms. The zero-order valence-electron chi connectivity index (χ0n) is 14.2. The second-order valence-corrected chi connectivity index (χ2v) is 6.45. The lowest BCUT2D eigenvalue weighted by Gasteiger charge is -2.07. The Balaban J connectivity index is 1.56. The number of benzene rings is 3. The van der Waals surface area contributed by atoms with Gasteiger partial charge in [-0.3, -0.25) is 4.79 Å². The van der Waals surface area contributed by atoms with E-state index >= 15 is 0 Å². The number of carbonyl (C=O) groups excluding carboxylic acids is 1. The summed E-state index contributed by atoms with van der Waals surface area (Å²) in [6.07, 6.45) is 1.42. The lowest BCUT2D eigenvalue weighted by molar-refractivity contribution is 0.0955.